The van der Waals surface area contributed by atoms with Gasteiger partial charge in [0.1, 0.15) is 0 Å². The van der Waals surface area contributed by atoms with Gasteiger partial charge in [0.05, 0.1) is 0 Å². The van der Waals surface area contributed by atoms with Gasteiger partial charge >= 0.3 is 0 Å². The molecule has 0 unspecified atom stereocenters. The summed E-state index contributed by atoms with van der Waals surface area (Å²) in [6, 6.07) is 62.5. The Kier molecular flexibility index (Phi) is 6.84. The molecule has 0 N–H and O–H groups in total. The Bertz CT molecular complexity index is 2310. The Morgan fingerprint density at radius 1 is 0.388 bits per heavy atom. The maximum Gasteiger partial charge on any atom is 0.252 e. The largest absolute Gasteiger partial charge is 0.311 e. The molecule has 0 saturated heterocycles. The Labute approximate surface area is 290 Å². The molecule has 0 spiro atoms. The van der Waals surface area contributed by atoms with Gasteiger partial charge < -0.3 is 9.80 Å². The second-order valence-electron chi connectivity index (χ2n) is 14.2. The van der Waals surface area contributed by atoms with Crippen LogP contribution in [0.2, 0.25) is 0 Å². The van der Waals surface area contributed by atoms with E-state index in [1.807, 2.05) is 0 Å². The maximum atomic E-state index is 2.50. The van der Waals surface area contributed by atoms with E-state index in [4.69, 9.17) is 0 Å². The van der Waals surface area contributed by atoms with Crippen molar-refractivity contribution in [3.8, 4) is 22.3 Å². The summed E-state index contributed by atoms with van der Waals surface area (Å²) in [5, 5.41) is 0. The number of hydrogen-bond donors (Lipinski definition) is 0. The highest BCUT2D eigenvalue weighted by Crippen LogP contribution is 2.45. The molecule has 2 aliphatic heterocycles. The Hall–Kier alpha value is -5.80. The van der Waals surface area contributed by atoms with Gasteiger partial charge in [0.25, 0.3) is 6.71 Å². The van der Waals surface area contributed by atoms with E-state index in [2.05, 4.69) is 200 Å². The molecule has 3 heteroatoms. The molecule has 9 rings (SSSR count). The molecule has 2 heterocycles. The predicted octanol–water partition coefficient (Wildman–Crippen LogP) is 10.4. The van der Waals surface area contributed by atoms with Crippen molar-refractivity contribution in [2.24, 2.45) is 0 Å². The second kappa shape index (κ2) is 11.4. The number of para-hydroxylation sites is 1. The lowest BCUT2D eigenvalue weighted by Crippen LogP contribution is -2.61. The molecule has 0 aliphatic carbocycles. The van der Waals surface area contributed by atoms with Crippen LogP contribution in [0, 0.1) is 0 Å². The van der Waals surface area contributed by atoms with Crippen LogP contribution in [0.3, 0.4) is 0 Å². The van der Waals surface area contributed by atoms with E-state index in [1.165, 1.54) is 72.6 Å². The maximum absolute atomic E-state index is 2.50. The molecular weight excluding hydrogens is 591 g/mol. The van der Waals surface area contributed by atoms with Gasteiger partial charge in [-0.1, -0.05) is 142 Å². The first-order valence-corrected chi connectivity index (χ1v) is 17.2. The lowest BCUT2D eigenvalue weighted by atomic mass is 9.33. The number of nitrogens with zero attached hydrogens (tertiary/aromatic N) is 2. The van der Waals surface area contributed by atoms with Crippen molar-refractivity contribution in [1.29, 1.82) is 0 Å². The number of fused-ring (bicyclic) bond motifs is 4. The van der Waals surface area contributed by atoms with Gasteiger partial charge in [0.15, 0.2) is 0 Å². The molecule has 234 valence electrons. The van der Waals surface area contributed by atoms with E-state index in [-0.39, 0.29) is 12.1 Å². The van der Waals surface area contributed by atoms with Crippen LogP contribution in [0.4, 0.5) is 34.1 Å². The number of rotatable bonds is 4. The van der Waals surface area contributed by atoms with Crippen molar-refractivity contribution in [3.05, 3.63) is 175 Å². The molecule has 7 aromatic rings. The van der Waals surface area contributed by atoms with E-state index in [1.54, 1.807) is 0 Å². The van der Waals surface area contributed by atoms with E-state index < -0.39 is 0 Å². The predicted molar refractivity (Wildman–Crippen MR) is 210 cm³/mol. The molecule has 0 atom stereocenters. The molecule has 7 aromatic carbocycles. The molecule has 49 heavy (non-hydrogen) atoms. The topological polar surface area (TPSA) is 6.48 Å². The Morgan fingerprint density at radius 2 is 0.837 bits per heavy atom. The summed E-state index contributed by atoms with van der Waals surface area (Å²) in [5.74, 6) is 0. The Morgan fingerprint density at radius 3 is 1.31 bits per heavy atom. The standard InChI is InChI=1S/C46H37BN2/c1-46(2,3)36-24-26-38(27-25-36)49-42-21-13-20-41-45(42)47(40-29-23-35(31-44(40)49)33-16-9-5-10-17-33)39-28-22-34(32-14-7-4-8-15-32)30-43(39)48(41)37-18-11-6-12-19-37/h4-31H,1-3H3. The van der Waals surface area contributed by atoms with Crippen LogP contribution in [0.15, 0.2) is 170 Å². The van der Waals surface area contributed by atoms with Gasteiger partial charge in [-0.05, 0) is 98.2 Å². The third-order valence-corrected chi connectivity index (χ3v) is 10.2. The van der Waals surface area contributed by atoms with E-state index >= 15 is 0 Å². The van der Waals surface area contributed by atoms with Crippen molar-refractivity contribution in [1.82, 2.24) is 0 Å². The average Bonchev–Trinajstić information content (AvgIpc) is 3.15. The first kappa shape index (κ1) is 29.4. The summed E-state index contributed by atoms with van der Waals surface area (Å²) in [7, 11) is 0. The zero-order valence-electron chi connectivity index (χ0n) is 28.1. The fourth-order valence-corrected chi connectivity index (χ4v) is 7.79. The molecule has 2 nitrogen and oxygen atoms in total. The summed E-state index contributed by atoms with van der Waals surface area (Å²) < 4.78 is 0. The van der Waals surface area contributed by atoms with Crippen LogP contribution in [-0.2, 0) is 5.41 Å². The van der Waals surface area contributed by atoms with Crippen LogP contribution in [0.25, 0.3) is 22.3 Å². The van der Waals surface area contributed by atoms with Gasteiger partial charge in [-0.3, -0.25) is 0 Å². The smallest absolute Gasteiger partial charge is 0.252 e. The molecule has 2 aliphatic rings. The summed E-state index contributed by atoms with van der Waals surface area (Å²) in [6.07, 6.45) is 0. The Balaban J connectivity index is 1.32. The van der Waals surface area contributed by atoms with Gasteiger partial charge in [-0.25, -0.2) is 0 Å². The minimum absolute atomic E-state index is 0.0777. The van der Waals surface area contributed by atoms with Gasteiger partial charge in [0.2, 0.25) is 0 Å². The highest BCUT2D eigenvalue weighted by molar-refractivity contribution is 7.00. The SMILES string of the molecule is CC(C)(C)c1ccc(N2c3cc(-c4ccccc4)ccc3B3c4ccc(-c5ccccc5)cc4N(c4ccccc4)c4cccc2c43)cc1. The molecule has 0 aromatic heterocycles. The summed E-state index contributed by atoms with van der Waals surface area (Å²) in [5.41, 5.74) is 17.5. The molecule has 0 bridgehead atoms. The third-order valence-electron chi connectivity index (χ3n) is 10.2. The van der Waals surface area contributed by atoms with Gasteiger partial charge in [-0.2, -0.15) is 0 Å². The molecule has 0 saturated carbocycles. The molecular formula is C46H37BN2. The summed E-state index contributed by atoms with van der Waals surface area (Å²) >= 11 is 0. The fraction of sp³-hybridized carbons (Fsp3) is 0.0870. The normalized spacial score (nSPS) is 13.1. The van der Waals surface area contributed by atoms with Crippen LogP contribution in [0.5, 0.6) is 0 Å². The highest BCUT2D eigenvalue weighted by Gasteiger charge is 2.43. The first-order chi connectivity index (χ1) is 24.0. The van der Waals surface area contributed by atoms with Gasteiger partial charge in [-0.15, -0.1) is 0 Å². The summed E-state index contributed by atoms with van der Waals surface area (Å²) in [6.45, 7) is 6.92. The zero-order chi connectivity index (χ0) is 33.1. The van der Waals surface area contributed by atoms with Crippen LogP contribution in [0.1, 0.15) is 26.3 Å². The van der Waals surface area contributed by atoms with Crippen molar-refractivity contribution < 1.29 is 0 Å². The average molecular weight is 629 g/mol. The van der Waals surface area contributed by atoms with Crippen molar-refractivity contribution in [2.45, 2.75) is 26.2 Å². The molecule has 0 amide bonds. The van der Waals surface area contributed by atoms with Crippen LogP contribution in [-0.4, -0.2) is 6.71 Å². The minimum Gasteiger partial charge on any atom is -0.311 e. The second-order valence-corrected chi connectivity index (χ2v) is 14.2. The molecule has 0 radical (unpaired) electrons. The zero-order valence-corrected chi connectivity index (χ0v) is 28.1. The van der Waals surface area contributed by atoms with Gasteiger partial charge in [0, 0.05) is 34.1 Å². The van der Waals surface area contributed by atoms with Crippen LogP contribution < -0.4 is 26.2 Å². The van der Waals surface area contributed by atoms with E-state index in [0.717, 1.165) is 5.69 Å². The van der Waals surface area contributed by atoms with Crippen molar-refractivity contribution >= 4 is 57.2 Å². The first-order valence-electron chi connectivity index (χ1n) is 17.2. The lowest BCUT2D eigenvalue weighted by Gasteiger charge is -2.44. The summed E-state index contributed by atoms with van der Waals surface area (Å²) in [4.78, 5) is 4.97. The van der Waals surface area contributed by atoms with E-state index in [9.17, 15) is 0 Å². The lowest BCUT2D eigenvalue weighted by molar-refractivity contribution is 0.590. The fourth-order valence-electron chi connectivity index (χ4n) is 7.79. The number of hydrogen-bond acceptors (Lipinski definition) is 2. The quantitative estimate of drug-likeness (QED) is 0.179. The number of benzene rings is 7. The van der Waals surface area contributed by atoms with Crippen molar-refractivity contribution in [2.75, 3.05) is 9.80 Å². The van der Waals surface area contributed by atoms with Crippen LogP contribution >= 0.6 is 0 Å². The highest BCUT2D eigenvalue weighted by atomic mass is 15.2. The van der Waals surface area contributed by atoms with Crippen molar-refractivity contribution in [3.63, 3.8) is 0 Å². The molecule has 0 fully saturated rings. The monoisotopic (exact) mass is 628 g/mol. The third kappa shape index (κ3) is 4.88. The number of anilines is 6. The van der Waals surface area contributed by atoms with E-state index in [0.29, 0.717) is 0 Å². The minimum atomic E-state index is 0.0777.